The Bertz CT molecular complexity index is 519. The lowest BCUT2D eigenvalue weighted by molar-refractivity contribution is -0.110. The monoisotopic (exact) mass is 245 g/mol. The van der Waals surface area contributed by atoms with Crippen LogP contribution in [0.15, 0.2) is 24.3 Å². The number of carbonyl (C=O) groups is 1. The van der Waals surface area contributed by atoms with E-state index in [9.17, 15) is 4.79 Å². The fraction of sp³-hybridized carbons (Fsp3) is 0.308. The van der Waals surface area contributed by atoms with Crippen LogP contribution in [-0.2, 0) is 4.79 Å². The molecule has 0 radical (unpaired) electrons. The van der Waals surface area contributed by atoms with E-state index in [0.717, 1.165) is 30.2 Å². The minimum atomic E-state index is -0.0491. The van der Waals surface area contributed by atoms with Crippen LogP contribution >= 0.6 is 0 Å². The number of hydrogen-bond donors (Lipinski definition) is 3. The summed E-state index contributed by atoms with van der Waals surface area (Å²) in [5, 5.41) is 9.32. The number of methoxy groups -OCH3 is 1. The van der Waals surface area contributed by atoms with Gasteiger partial charge in [0.05, 0.1) is 7.11 Å². The number of fused-ring (bicyclic) bond motifs is 1. The van der Waals surface area contributed by atoms with Crippen LogP contribution < -0.4 is 20.7 Å². The van der Waals surface area contributed by atoms with E-state index in [1.165, 1.54) is 0 Å². The highest BCUT2D eigenvalue weighted by molar-refractivity contribution is 6.31. The Labute approximate surface area is 105 Å². The second kappa shape index (κ2) is 4.44. The Balaban J connectivity index is 1.99. The van der Waals surface area contributed by atoms with Gasteiger partial charge in [0.15, 0.2) is 0 Å². The maximum Gasteiger partial charge on any atom is 0.256 e. The molecule has 5 nitrogen and oxygen atoms in total. The summed E-state index contributed by atoms with van der Waals surface area (Å²) in [7, 11) is 1.62. The number of hydrogen-bond acceptors (Lipinski definition) is 4. The Morgan fingerprint density at radius 2 is 2.33 bits per heavy atom. The first-order valence-electron chi connectivity index (χ1n) is 5.93. The molecule has 0 spiro atoms. The average Bonchev–Trinajstić information content (AvgIpc) is 2.99. The largest absolute Gasteiger partial charge is 0.497 e. The highest BCUT2D eigenvalue weighted by Crippen LogP contribution is 2.34. The maximum absolute atomic E-state index is 12.0. The fourth-order valence-electron chi connectivity index (χ4n) is 2.28. The Morgan fingerprint density at radius 1 is 1.44 bits per heavy atom. The van der Waals surface area contributed by atoms with Crippen molar-refractivity contribution < 1.29 is 9.53 Å². The summed E-state index contributed by atoms with van der Waals surface area (Å²) in [6, 6.07) is 5.80. The third-order valence-corrected chi connectivity index (χ3v) is 3.23. The molecule has 94 valence electrons. The molecular weight excluding hydrogens is 230 g/mol. The summed E-state index contributed by atoms with van der Waals surface area (Å²) in [6.45, 7) is 1.62. The Morgan fingerprint density at radius 3 is 3.06 bits per heavy atom. The first kappa shape index (κ1) is 11.3. The molecule has 18 heavy (non-hydrogen) atoms. The number of amides is 1. The van der Waals surface area contributed by atoms with Crippen molar-refractivity contribution in [2.24, 2.45) is 0 Å². The molecule has 5 heteroatoms. The van der Waals surface area contributed by atoms with Crippen molar-refractivity contribution in [1.82, 2.24) is 10.6 Å². The molecule has 3 rings (SSSR count). The molecule has 1 aromatic carbocycles. The Kier molecular flexibility index (Phi) is 2.77. The lowest BCUT2D eigenvalue weighted by Crippen LogP contribution is -2.22. The third kappa shape index (κ3) is 1.87. The van der Waals surface area contributed by atoms with Crippen LogP contribution in [0.2, 0.25) is 0 Å². The van der Waals surface area contributed by atoms with Gasteiger partial charge in [0, 0.05) is 36.1 Å². The van der Waals surface area contributed by atoms with E-state index in [2.05, 4.69) is 16.0 Å². The maximum atomic E-state index is 12.0. The zero-order valence-corrected chi connectivity index (χ0v) is 10.1. The van der Waals surface area contributed by atoms with E-state index in [1.54, 1.807) is 7.11 Å². The first-order chi connectivity index (χ1) is 8.78. The van der Waals surface area contributed by atoms with E-state index in [0.29, 0.717) is 5.57 Å². The molecule has 2 aliphatic heterocycles. The standard InChI is InChI=1S/C13H15N3O2/c1-18-9-2-3-12-10(5-9)11(13(17)16-12)4-8-6-14-7-15-8/h2-5,8,14-15H,6-7H2,1H3,(H,16,17)/b11-4-. The highest BCUT2D eigenvalue weighted by atomic mass is 16.5. The molecule has 1 aromatic rings. The SMILES string of the molecule is COc1ccc2c(c1)/C(=C/C1CNCN1)C(=O)N2. The zero-order chi connectivity index (χ0) is 12.5. The third-order valence-electron chi connectivity index (χ3n) is 3.23. The zero-order valence-electron chi connectivity index (χ0n) is 10.1. The molecule has 1 saturated heterocycles. The van der Waals surface area contributed by atoms with Gasteiger partial charge in [-0.25, -0.2) is 0 Å². The van der Waals surface area contributed by atoms with Gasteiger partial charge in [0.2, 0.25) is 0 Å². The van der Waals surface area contributed by atoms with Gasteiger partial charge in [-0.15, -0.1) is 0 Å². The molecular formula is C13H15N3O2. The highest BCUT2D eigenvalue weighted by Gasteiger charge is 2.26. The predicted molar refractivity (Wildman–Crippen MR) is 69.4 cm³/mol. The smallest absolute Gasteiger partial charge is 0.256 e. The van der Waals surface area contributed by atoms with Gasteiger partial charge in [-0.2, -0.15) is 0 Å². The van der Waals surface area contributed by atoms with Crippen molar-refractivity contribution in [3.8, 4) is 5.75 Å². The normalized spacial score (nSPS) is 24.2. The molecule has 2 aliphatic rings. The van der Waals surface area contributed by atoms with Crippen molar-refractivity contribution in [2.75, 3.05) is 25.6 Å². The van der Waals surface area contributed by atoms with Crippen LogP contribution in [0.5, 0.6) is 5.75 Å². The van der Waals surface area contributed by atoms with Gasteiger partial charge >= 0.3 is 0 Å². The van der Waals surface area contributed by atoms with Gasteiger partial charge in [-0.1, -0.05) is 6.08 Å². The minimum absolute atomic E-state index is 0.0491. The van der Waals surface area contributed by atoms with Crippen molar-refractivity contribution in [2.45, 2.75) is 6.04 Å². The number of benzene rings is 1. The van der Waals surface area contributed by atoms with Crippen LogP contribution in [-0.4, -0.2) is 32.3 Å². The van der Waals surface area contributed by atoms with E-state index in [-0.39, 0.29) is 11.9 Å². The van der Waals surface area contributed by atoms with E-state index in [1.807, 2.05) is 24.3 Å². The van der Waals surface area contributed by atoms with E-state index < -0.39 is 0 Å². The quantitative estimate of drug-likeness (QED) is 0.666. The molecule has 1 unspecified atom stereocenters. The summed E-state index contributed by atoms with van der Waals surface area (Å²) >= 11 is 0. The number of anilines is 1. The van der Waals surface area contributed by atoms with Crippen molar-refractivity contribution >= 4 is 17.2 Å². The predicted octanol–water partition coefficient (Wildman–Crippen LogP) is 0.550. The van der Waals surface area contributed by atoms with Gasteiger partial charge in [0.25, 0.3) is 5.91 Å². The first-order valence-corrected chi connectivity index (χ1v) is 5.93. The second-order valence-corrected chi connectivity index (χ2v) is 4.39. The summed E-state index contributed by atoms with van der Waals surface area (Å²) in [4.78, 5) is 12.0. The van der Waals surface area contributed by atoms with Crippen LogP contribution in [0, 0.1) is 0 Å². The molecule has 1 amide bonds. The number of ether oxygens (including phenoxy) is 1. The van der Waals surface area contributed by atoms with Gasteiger partial charge in [-0.3, -0.25) is 10.1 Å². The average molecular weight is 245 g/mol. The van der Waals surface area contributed by atoms with Crippen molar-refractivity contribution in [1.29, 1.82) is 0 Å². The molecule has 1 fully saturated rings. The molecule has 0 saturated carbocycles. The molecule has 0 aliphatic carbocycles. The van der Waals surface area contributed by atoms with Gasteiger partial charge in [-0.05, 0) is 18.2 Å². The fourth-order valence-corrected chi connectivity index (χ4v) is 2.28. The topological polar surface area (TPSA) is 62.4 Å². The van der Waals surface area contributed by atoms with Gasteiger partial charge < -0.3 is 15.4 Å². The molecule has 2 heterocycles. The molecule has 1 atom stereocenters. The summed E-state index contributed by atoms with van der Waals surface area (Å²) in [6.07, 6.45) is 1.97. The van der Waals surface area contributed by atoms with E-state index in [4.69, 9.17) is 4.74 Å². The second-order valence-electron chi connectivity index (χ2n) is 4.39. The summed E-state index contributed by atoms with van der Waals surface area (Å²) < 4.78 is 5.20. The molecule has 0 bridgehead atoms. The van der Waals surface area contributed by atoms with Crippen molar-refractivity contribution in [3.63, 3.8) is 0 Å². The molecule has 3 N–H and O–H groups in total. The summed E-state index contributed by atoms with van der Waals surface area (Å²) in [5.74, 6) is 0.709. The number of nitrogens with one attached hydrogen (secondary N) is 3. The van der Waals surface area contributed by atoms with Crippen LogP contribution in [0.25, 0.3) is 5.57 Å². The van der Waals surface area contributed by atoms with Crippen LogP contribution in [0.4, 0.5) is 5.69 Å². The summed E-state index contributed by atoms with van der Waals surface area (Å²) in [5.41, 5.74) is 2.47. The Hall–Kier alpha value is -1.85. The molecule has 0 aromatic heterocycles. The van der Waals surface area contributed by atoms with Crippen LogP contribution in [0.3, 0.4) is 0 Å². The number of carbonyl (C=O) groups excluding carboxylic acids is 1. The van der Waals surface area contributed by atoms with E-state index >= 15 is 0 Å². The lowest BCUT2D eigenvalue weighted by Gasteiger charge is -2.05. The number of rotatable bonds is 2. The van der Waals surface area contributed by atoms with Crippen LogP contribution in [0.1, 0.15) is 5.56 Å². The minimum Gasteiger partial charge on any atom is -0.497 e. The van der Waals surface area contributed by atoms with Crippen molar-refractivity contribution in [3.05, 3.63) is 29.8 Å². The van der Waals surface area contributed by atoms with Gasteiger partial charge in [0.1, 0.15) is 5.75 Å². The lowest BCUT2D eigenvalue weighted by atomic mass is 10.0.